The molecule has 0 fully saturated rings. The van der Waals surface area contributed by atoms with E-state index < -0.39 is 0 Å². The van der Waals surface area contributed by atoms with Crippen molar-refractivity contribution >= 4 is 17.5 Å². The second-order valence-corrected chi connectivity index (χ2v) is 8.82. The number of anilines is 1. The standard InChI is InChI=1S/C30H29N3O2/c1-2-3-20-31(30(35)24-15-8-5-9-16-24)22-28(34)33-26-18-11-10-17-25(26)32-21-12-19-27(32)29(33)23-13-6-4-7-14-23/h4-19,21,29H,2-3,20,22H2,1H3. The molecule has 5 heteroatoms. The molecule has 0 saturated heterocycles. The Morgan fingerprint density at radius 3 is 2.17 bits per heavy atom. The van der Waals surface area contributed by atoms with E-state index in [9.17, 15) is 9.59 Å². The fraction of sp³-hybridized carbons (Fsp3) is 0.200. The van der Waals surface area contributed by atoms with Gasteiger partial charge in [0.2, 0.25) is 5.91 Å². The van der Waals surface area contributed by atoms with Gasteiger partial charge in [0.15, 0.2) is 0 Å². The summed E-state index contributed by atoms with van der Waals surface area (Å²) in [5.41, 5.74) is 4.46. The Hall–Kier alpha value is -4.12. The molecule has 4 aromatic rings. The smallest absolute Gasteiger partial charge is 0.254 e. The van der Waals surface area contributed by atoms with E-state index >= 15 is 0 Å². The number of rotatable bonds is 7. The summed E-state index contributed by atoms with van der Waals surface area (Å²) in [7, 11) is 0. The van der Waals surface area contributed by atoms with Crippen molar-refractivity contribution in [3.05, 3.63) is 120 Å². The van der Waals surface area contributed by atoms with Crippen molar-refractivity contribution in [2.24, 2.45) is 0 Å². The van der Waals surface area contributed by atoms with E-state index in [1.807, 2.05) is 90.0 Å². The van der Waals surface area contributed by atoms with E-state index in [1.165, 1.54) is 0 Å². The zero-order valence-electron chi connectivity index (χ0n) is 19.9. The molecule has 5 rings (SSSR count). The van der Waals surface area contributed by atoms with Gasteiger partial charge in [-0.1, -0.05) is 74.0 Å². The third kappa shape index (κ3) is 4.37. The lowest BCUT2D eigenvalue weighted by molar-refractivity contribution is -0.119. The Bertz CT molecular complexity index is 1310. The van der Waals surface area contributed by atoms with E-state index in [0.717, 1.165) is 35.5 Å². The van der Waals surface area contributed by atoms with Crippen LogP contribution in [0.5, 0.6) is 0 Å². The molecular formula is C30H29N3O2. The summed E-state index contributed by atoms with van der Waals surface area (Å²) in [5, 5.41) is 0. The number of amides is 2. The molecular weight excluding hydrogens is 434 g/mol. The number of nitrogens with zero attached hydrogens (tertiary/aromatic N) is 3. The van der Waals surface area contributed by atoms with Gasteiger partial charge in [-0.2, -0.15) is 0 Å². The molecule has 2 heterocycles. The number of aromatic nitrogens is 1. The second-order valence-electron chi connectivity index (χ2n) is 8.82. The first-order valence-electron chi connectivity index (χ1n) is 12.2. The average Bonchev–Trinajstić information content (AvgIpc) is 3.41. The second kappa shape index (κ2) is 10.0. The molecule has 176 valence electrons. The molecule has 1 atom stereocenters. The van der Waals surface area contributed by atoms with Crippen molar-refractivity contribution in [3.63, 3.8) is 0 Å². The summed E-state index contributed by atoms with van der Waals surface area (Å²) in [6.07, 6.45) is 3.82. The van der Waals surface area contributed by atoms with Gasteiger partial charge in [-0.05, 0) is 48.4 Å². The van der Waals surface area contributed by atoms with Crippen LogP contribution in [0, 0.1) is 0 Å². The first-order valence-corrected chi connectivity index (χ1v) is 12.2. The third-order valence-electron chi connectivity index (χ3n) is 6.52. The lowest BCUT2D eigenvalue weighted by Crippen LogP contribution is -2.47. The van der Waals surface area contributed by atoms with Crippen LogP contribution in [0.1, 0.15) is 47.4 Å². The summed E-state index contributed by atoms with van der Waals surface area (Å²) >= 11 is 0. The Kier molecular flexibility index (Phi) is 6.49. The summed E-state index contributed by atoms with van der Waals surface area (Å²) in [6.45, 7) is 2.65. The molecule has 0 bridgehead atoms. The lowest BCUT2D eigenvalue weighted by Gasteiger charge is -2.39. The van der Waals surface area contributed by atoms with Crippen molar-refractivity contribution < 1.29 is 9.59 Å². The molecule has 2 amide bonds. The zero-order chi connectivity index (χ0) is 24.2. The summed E-state index contributed by atoms with van der Waals surface area (Å²) in [6, 6.07) is 31.1. The first kappa shape index (κ1) is 22.7. The highest BCUT2D eigenvalue weighted by atomic mass is 16.2. The van der Waals surface area contributed by atoms with Gasteiger partial charge >= 0.3 is 0 Å². The molecule has 1 aliphatic rings. The Morgan fingerprint density at radius 1 is 0.800 bits per heavy atom. The van der Waals surface area contributed by atoms with E-state index in [2.05, 4.69) is 29.7 Å². The van der Waals surface area contributed by atoms with Crippen LogP contribution in [-0.4, -0.2) is 34.4 Å². The van der Waals surface area contributed by atoms with E-state index in [1.54, 1.807) is 4.90 Å². The molecule has 0 aliphatic carbocycles. The number of hydrogen-bond donors (Lipinski definition) is 0. The van der Waals surface area contributed by atoms with Gasteiger partial charge in [0.05, 0.1) is 17.1 Å². The van der Waals surface area contributed by atoms with Gasteiger partial charge < -0.3 is 9.47 Å². The summed E-state index contributed by atoms with van der Waals surface area (Å²) < 4.78 is 2.15. The monoisotopic (exact) mass is 463 g/mol. The maximum Gasteiger partial charge on any atom is 0.254 e. The van der Waals surface area contributed by atoms with Gasteiger partial charge in [-0.3, -0.25) is 14.5 Å². The van der Waals surface area contributed by atoms with E-state index in [-0.39, 0.29) is 24.4 Å². The molecule has 1 aromatic heterocycles. The van der Waals surface area contributed by atoms with Crippen molar-refractivity contribution in [1.82, 2.24) is 9.47 Å². The number of benzene rings is 3. The van der Waals surface area contributed by atoms with E-state index in [0.29, 0.717) is 12.1 Å². The number of carbonyl (C=O) groups excluding carboxylic acids is 2. The molecule has 3 aromatic carbocycles. The van der Waals surface area contributed by atoms with Crippen molar-refractivity contribution in [3.8, 4) is 5.69 Å². The van der Waals surface area contributed by atoms with Gasteiger partial charge in [0, 0.05) is 18.3 Å². The Balaban J connectivity index is 1.55. The number of unbranched alkanes of at least 4 members (excludes halogenated alkanes) is 1. The molecule has 0 N–H and O–H groups in total. The first-order chi connectivity index (χ1) is 17.2. The predicted octanol–water partition coefficient (Wildman–Crippen LogP) is 5.86. The highest BCUT2D eigenvalue weighted by Gasteiger charge is 2.36. The largest absolute Gasteiger partial charge is 0.329 e. The normalized spacial score (nSPS) is 14.2. The van der Waals surface area contributed by atoms with Crippen molar-refractivity contribution in [2.75, 3.05) is 18.0 Å². The van der Waals surface area contributed by atoms with E-state index in [4.69, 9.17) is 0 Å². The minimum absolute atomic E-state index is 0.0199. The zero-order valence-corrected chi connectivity index (χ0v) is 19.9. The Morgan fingerprint density at radius 2 is 1.46 bits per heavy atom. The van der Waals surface area contributed by atoms with Gasteiger partial charge in [-0.25, -0.2) is 0 Å². The average molecular weight is 464 g/mol. The van der Waals surface area contributed by atoms with Gasteiger partial charge in [0.25, 0.3) is 5.91 Å². The number of para-hydroxylation sites is 2. The van der Waals surface area contributed by atoms with Crippen LogP contribution in [-0.2, 0) is 4.79 Å². The minimum atomic E-state index is -0.284. The molecule has 0 radical (unpaired) electrons. The van der Waals surface area contributed by atoms with Crippen LogP contribution in [0.3, 0.4) is 0 Å². The highest BCUT2D eigenvalue weighted by molar-refractivity contribution is 6.02. The van der Waals surface area contributed by atoms with Crippen LogP contribution >= 0.6 is 0 Å². The fourth-order valence-corrected chi connectivity index (χ4v) is 4.82. The number of hydrogen-bond acceptors (Lipinski definition) is 2. The Labute approximate surface area is 206 Å². The quantitative estimate of drug-likeness (QED) is 0.345. The summed E-state index contributed by atoms with van der Waals surface area (Å²) in [4.78, 5) is 31.0. The van der Waals surface area contributed by atoms with Gasteiger partial charge in [-0.15, -0.1) is 0 Å². The van der Waals surface area contributed by atoms with Crippen LogP contribution < -0.4 is 4.90 Å². The topological polar surface area (TPSA) is 45.6 Å². The summed E-state index contributed by atoms with van der Waals surface area (Å²) in [5.74, 6) is -0.212. The molecule has 1 unspecified atom stereocenters. The maximum atomic E-state index is 14.1. The van der Waals surface area contributed by atoms with Crippen LogP contribution in [0.25, 0.3) is 5.69 Å². The van der Waals surface area contributed by atoms with Crippen molar-refractivity contribution in [2.45, 2.75) is 25.8 Å². The SMILES string of the molecule is CCCCN(CC(=O)N1c2ccccc2-n2cccc2C1c1ccccc1)C(=O)c1ccccc1. The molecule has 5 nitrogen and oxygen atoms in total. The van der Waals surface area contributed by atoms with Crippen molar-refractivity contribution in [1.29, 1.82) is 0 Å². The number of carbonyl (C=O) groups is 2. The van der Waals surface area contributed by atoms with Crippen LogP contribution in [0.2, 0.25) is 0 Å². The predicted molar refractivity (Wildman–Crippen MR) is 139 cm³/mol. The molecule has 0 spiro atoms. The third-order valence-corrected chi connectivity index (χ3v) is 6.52. The highest BCUT2D eigenvalue weighted by Crippen LogP contribution is 2.42. The molecule has 0 saturated carbocycles. The minimum Gasteiger partial charge on any atom is -0.329 e. The lowest BCUT2D eigenvalue weighted by atomic mass is 9.97. The van der Waals surface area contributed by atoms with Gasteiger partial charge in [0.1, 0.15) is 12.6 Å². The number of fused-ring (bicyclic) bond motifs is 3. The molecule has 35 heavy (non-hydrogen) atoms. The fourth-order valence-electron chi connectivity index (χ4n) is 4.82. The molecule has 1 aliphatic heterocycles. The maximum absolute atomic E-state index is 14.1. The van der Waals surface area contributed by atoms with Crippen LogP contribution in [0.4, 0.5) is 5.69 Å². The van der Waals surface area contributed by atoms with Crippen LogP contribution in [0.15, 0.2) is 103 Å².